The monoisotopic (exact) mass is 247 g/mol. The lowest BCUT2D eigenvalue weighted by Crippen LogP contribution is -2.38. The van der Waals surface area contributed by atoms with E-state index in [4.69, 9.17) is 5.73 Å². The Morgan fingerprint density at radius 2 is 2.11 bits per heavy atom. The summed E-state index contributed by atoms with van der Waals surface area (Å²) in [6.07, 6.45) is 9.57. The highest BCUT2D eigenvalue weighted by Gasteiger charge is 2.22. The fourth-order valence-corrected chi connectivity index (χ4v) is 3.01. The van der Waals surface area contributed by atoms with E-state index in [1.165, 1.54) is 37.7 Å². The van der Waals surface area contributed by atoms with Crippen LogP contribution in [0.5, 0.6) is 0 Å². The van der Waals surface area contributed by atoms with Crippen LogP contribution < -0.4 is 10.6 Å². The van der Waals surface area contributed by atoms with Gasteiger partial charge in [0.2, 0.25) is 0 Å². The lowest BCUT2D eigenvalue weighted by atomic mass is 9.94. The number of pyridine rings is 1. The van der Waals surface area contributed by atoms with Crippen LogP contribution in [0.2, 0.25) is 0 Å². The Hall–Kier alpha value is -1.09. The summed E-state index contributed by atoms with van der Waals surface area (Å²) in [6, 6.07) is 4.86. The van der Waals surface area contributed by atoms with Gasteiger partial charge in [0.15, 0.2) is 0 Å². The van der Waals surface area contributed by atoms with Crippen LogP contribution >= 0.6 is 0 Å². The largest absolute Gasteiger partial charge is 0.354 e. The number of nitrogens with two attached hydrogens (primary N) is 1. The molecule has 0 saturated heterocycles. The van der Waals surface area contributed by atoms with Crippen LogP contribution in [0.15, 0.2) is 18.3 Å². The highest BCUT2D eigenvalue weighted by atomic mass is 15.2. The molecule has 1 fully saturated rings. The summed E-state index contributed by atoms with van der Waals surface area (Å²) >= 11 is 0. The summed E-state index contributed by atoms with van der Waals surface area (Å²) in [7, 11) is 0. The molecule has 0 spiro atoms. The molecule has 0 aromatic carbocycles. The topological polar surface area (TPSA) is 42.2 Å². The predicted octanol–water partition coefficient (Wildman–Crippen LogP) is 2.74. The second kappa shape index (κ2) is 6.74. The summed E-state index contributed by atoms with van der Waals surface area (Å²) in [6.45, 7) is 3.97. The molecule has 0 amide bonds. The van der Waals surface area contributed by atoms with Crippen molar-refractivity contribution in [1.82, 2.24) is 4.98 Å². The zero-order chi connectivity index (χ0) is 12.8. The molecule has 1 heterocycles. The zero-order valence-corrected chi connectivity index (χ0v) is 11.4. The standard InChI is InChI=1S/C15H25N3/c1-2-18(14-8-4-3-5-9-14)15-13(10-11-16)7-6-12-17-15/h6-7,12,14H,2-5,8-11,16H2,1H3. The first-order valence-corrected chi connectivity index (χ1v) is 7.27. The normalized spacial score (nSPS) is 16.8. The Labute approximate surface area is 110 Å². The molecule has 0 radical (unpaired) electrons. The summed E-state index contributed by atoms with van der Waals surface area (Å²) in [5.41, 5.74) is 7.00. The molecule has 1 aromatic rings. The van der Waals surface area contributed by atoms with E-state index in [0.29, 0.717) is 12.6 Å². The van der Waals surface area contributed by atoms with Crippen molar-refractivity contribution in [2.45, 2.75) is 51.5 Å². The molecule has 2 rings (SSSR count). The van der Waals surface area contributed by atoms with Crippen molar-refractivity contribution >= 4 is 5.82 Å². The number of nitrogens with zero attached hydrogens (tertiary/aromatic N) is 2. The second-order valence-corrected chi connectivity index (χ2v) is 5.10. The van der Waals surface area contributed by atoms with Crippen LogP contribution in [0.25, 0.3) is 0 Å². The third-order valence-corrected chi connectivity index (χ3v) is 3.91. The lowest BCUT2D eigenvalue weighted by Gasteiger charge is -2.35. The summed E-state index contributed by atoms with van der Waals surface area (Å²) < 4.78 is 0. The van der Waals surface area contributed by atoms with Gasteiger partial charge in [-0.2, -0.15) is 0 Å². The van der Waals surface area contributed by atoms with Gasteiger partial charge in [0, 0.05) is 18.8 Å². The minimum absolute atomic E-state index is 0.676. The van der Waals surface area contributed by atoms with Crippen molar-refractivity contribution in [1.29, 1.82) is 0 Å². The van der Waals surface area contributed by atoms with Crippen LogP contribution in [-0.4, -0.2) is 24.1 Å². The number of hydrogen-bond donors (Lipinski definition) is 1. The van der Waals surface area contributed by atoms with Gasteiger partial charge < -0.3 is 10.6 Å². The molecule has 0 unspecified atom stereocenters. The van der Waals surface area contributed by atoms with Gasteiger partial charge in [-0.15, -0.1) is 0 Å². The molecule has 0 aliphatic heterocycles. The molecule has 2 N–H and O–H groups in total. The molecule has 3 heteroatoms. The van der Waals surface area contributed by atoms with E-state index < -0.39 is 0 Å². The minimum Gasteiger partial charge on any atom is -0.354 e. The Kier molecular flexibility index (Phi) is 5.00. The molecule has 0 atom stereocenters. The van der Waals surface area contributed by atoms with Gasteiger partial charge in [-0.25, -0.2) is 4.98 Å². The van der Waals surface area contributed by atoms with Crippen LogP contribution in [-0.2, 0) is 6.42 Å². The maximum absolute atomic E-state index is 5.70. The van der Waals surface area contributed by atoms with Gasteiger partial charge in [0.1, 0.15) is 5.82 Å². The van der Waals surface area contributed by atoms with E-state index in [2.05, 4.69) is 22.9 Å². The number of anilines is 1. The highest BCUT2D eigenvalue weighted by molar-refractivity contribution is 5.47. The highest BCUT2D eigenvalue weighted by Crippen LogP contribution is 2.28. The number of aromatic nitrogens is 1. The summed E-state index contributed by atoms with van der Waals surface area (Å²) in [4.78, 5) is 7.10. The van der Waals surface area contributed by atoms with E-state index in [9.17, 15) is 0 Å². The molecule has 1 saturated carbocycles. The number of rotatable bonds is 5. The van der Waals surface area contributed by atoms with Crippen molar-refractivity contribution in [3.05, 3.63) is 23.9 Å². The molecular weight excluding hydrogens is 222 g/mol. The van der Waals surface area contributed by atoms with Gasteiger partial charge in [-0.05, 0) is 44.4 Å². The van der Waals surface area contributed by atoms with E-state index in [-0.39, 0.29) is 0 Å². The van der Waals surface area contributed by atoms with Crippen LogP contribution in [0.4, 0.5) is 5.82 Å². The maximum Gasteiger partial charge on any atom is 0.131 e. The zero-order valence-electron chi connectivity index (χ0n) is 11.4. The smallest absolute Gasteiger partial charge is 0.131 e. The van der Waals surface area contributed by atoms with Crippen molar-refractivity contribution in [3.8, 4) is 0 Å². The summed E-state index contributed by atoms with van der Waals surface area (Å²) in [5.74, 6) is 1.16. The molecule has 18 heavy (non-hydrogen) atoms. The predicted molar refractivity (Wildman–Crippen MR) is 76.9 cm³/mol. The molecular formula is C15H25N3. The van der Waals surface area contributed by atoms with Gasteiger partial charge in [-0.1, -0.05) is 25.3 Å². The minimum atomic E-state index is 0.676. The Bertz CT molecular complexity index is 359. The first-order chi connectivity index (χ1) is 8.86. The summed E-state index contributed by atoms with van der Waals surface area (Å²) in [5, 5.41) is 0. The maximum atomic E-state index is 5.70. The average molecular weight is 247 g/mol. The SMILES string of the molecule is CCN(c1ncccc1CCN)C1CCCCC1. The molecule has 1 aliphatic rings. The van der Waals surface area contributed by atoms with Crippen molar-refractivity contribution < 1.29 is 0 Å². The van der Waals surface area contributed by atoms with E-state index in [0.717, 1.165) is 18.8 Å². The van der Waals surface area contributed by atoms with Gasteiger partial charge >= 0.3 is 0 Å². The third kappa shape index (κ3) is 3.02. The number of hydrogen-bond acceptors (Lipinski definition) is 3. The van der Waals surface area contributed by atoms with Crippen molar-refractivity contribution in [3.63, 3.8) is 0 Å². The molecule has 3 nitrogen and oxygen atoms in total. The molecule has 0 bridgehead atoms. The molecule has 1 aliphatic carbocycles. The quantitative estimate of drug-likeness (QED) is 0.870. The molecule has 100 valence electrons. The third-order valence-electron chi connectivity index (χ3n) is 3.91. The van der Waals surface area contributed by atoms with Gasteiger partial charge in [-0.3, -0.25) is 0 Å². The Balaban J connectivity index is 2.20. The Morgan fingerprint density at radius 3 is 2.78 bits per heavy atom. The van der Waals surface area contributed by atoms with Crippen LogP contribution in [0, 0.1) is 0 Å². The average Bonchev–Trinajstić information content (AvgIpc) is 2.43. The fraction of sp³-hybridized carbons (Fsp3) is 0.667. The van der Waals surface area contributed by atoms with Crippen molar-refractivity contribution in [2.75, 3.05) is 18.0 Å². The van der Waals surface area contributed by atoms with E-state index in [1.54, 1.807) is 0 Å². The Morgan fingerprint density at radius 1 is 1.33 bits per heavy atom. The fourth-order valence-electron chi connectivity index (χ4n) is 3.01. The van der Waals surface area contributed by atoms with Crippen LogP contribution in [0.1, 0.15) is 44.6 Å². The van der Waals surface area contributed by atoms with Gasteiger partial charge in [0.05, 0.1) is 0 Å². The van der Waals surface area contributed by atoms with E-state index >= 15 is 0 Å². The first-order valence-electron chi connectivity index (χ1n) is 7.27. The van der Waals surface area contributed by atoms with E-state index in [1.807, 2.05) is 12.3 Å². The van der Waals surface area contributed by atoms with Crippen LogP contribution in [0.3, 0.4) is 0 Å². The van der Waals surface area contributed by atoms with Gasteiger partial charge in [0.25, 0.3) is 0 Å². The molecule has 1 aromatic heterocycles. The van der Waals surface area contributed by atoms with Crippen molar-refractivity contribution in [2.24, 2.45) is 5.73 Å². The second-order valence-electron chi connectivity index (χ2n) is 5.10. The first kappa shape index (κ1) is 13.3. The lowest BCUT2D eigenvalue weighted by molar-refractivity contribution is 0.415.